The van der Waals surface area contributed by atoms with E-state index >= 15 is 0 Å². The van der Waals surface area contributed by atoms with Crippen molar-refractivity contribution in [3.8, 4) is 17.2 Å². The Kier molecular flexibility index (Phi) is 8.13. The number of rotatable bonds is 9. The predicted octanol–water partition coefficient (Wildman–Crippen LogP) is 4.99. The van der Waals surface area contributed by atoms with Gasteiger partial charge in [0.1, 0.15) is 28.4 Å². The molecule has 1 amide bonds. The van der Waals surface area contributed by atoms with Crippen molar-refractivity contribution in [2.45, 2.75) is 13.0 Å². The van der Waals surface area contributed by atoms with Crippen molar-refractivity contribution in [3.63, 3.8) is 0 Å². The third-order valence-corrected chi connectivity index (χ3v) is 7.09. The number of carbonyl (C=O) groups excluding carboxylic acids is 1. The summed E-state index contributed by atoms with van der Waals surface area (Å²) in [5, 5.41) is 4.96. The van der Waals surface area contributed by atoms with Crippen molar-refractivity contribution in [3.05, 3.63) is 89.6 Å². The average Bonchev–Trinajstić information content (AvgIpc) is 2.89. The molecule has 0 spiro atoms. The van der Waals surface area contributed by atoms with Crippen LogP contribution < -0.4 is 19.2 Å². The number of hydrogen-bond acceptors (Lipinski definition) is 7. The molecule has 0 radical (unpaired) electrons. The number of anilines is 1. The molecule has 0 aliphatic carbocycles. The number of carbonyl (C=O) groups is 1. The normalized spacial score (nSPS) is 12.3. The Labute approximate surface area is 225 Å². The highest BCUT2D eigenvalue weighted by molar-refractivity contribution is 7.92. The highest BCUT2D eigenvalue weighted by atomic mass is 35.5. The van der Waals surface area contributed by atoms with Crippen LogP contribution in [0.3, 0.4) is 0 Å². The molecule has 0 fully saturated rings. The third-order valence-electron chi connectivity index (χ3n) is 5.54. The zero-order chi connectivity index (χ0) is 27.3. The molecule has 0 saturated heterocycles. The maximum atomic E-state index is 12.9. The molecule has 11 heteroatoms. The molecule has 4 rings (SSSR count). The number of fused-ring (bicyclic) bond motifs is 1. The van der Waals surface area contributed by atoms with Crippen molar-refractivity contribution in [1.29, 1.82) is 0 Å². The minimum atomic E-state index is -3.81. The van der Waals surface area contributed by atoms with Gasteiger partial charge in [-0.15, -0.1) is 0 Å². The number of hydrogen-bond donors (Lipinski definition) is 1. The summed E-state index contributed by atoms with van der Waals surface area (Å²) in [4.78, 5) is 17.2. The van der Waals surface area contributed by atoms with Crippen LogP contribution in [0.5, 0.6) is 17.2 Å². The van der Waals surface area contributed by atoms with Crippen molar-refractivity contribution < 1.29 is 22.7 Å². The van der Waals surface area contributed by atoms with Crippen LogP contribution in [0.15, 0.2) is 84.0 Å². The number of benzene rings is 3. The number of sulfonamides is 1. The monoisotopic (exact) mass is 552 g/mol. The Bertz CT molecular complexity index is 1580. The largest absolute Gasteiger partial charge is 0.497 e. The van der Waals surface area contributed by atoms with Crippen LogP contribution in [-0.2, 0) is 14.8 Å². The van der Waals surface area contributed by atoms with Gasteiger partial charge in [0, 0.05) is 17.0 Å². The summed E-state index contributed by atoms with van der Waals surface area (Å²) in [7, 11) is -2.25. The number of methoxy groups -OCH3 is 1. The second kappa shape index (κ2) is 11.5. The molecule has 3 aromatic carbocycles. The predicted molar refractivity (Wildman–Crippen MR) is 149 cm³/mol. The zero-order valence-electron chi connectivity index (χ0n) is 20.8. The summed E-state index contributed by atoms with van der Waals surface area (Å²) in [5.74, 6) is 1.19. The van der Waals surface area contributed by atoms with Crippen molar-refractivity contribution in [2.24, 2.45) is 5.10 Å². The zero-order valence-corrected chi connectivity index (χ0v) is 22.4. The van der Waals surface area contributed by atoms with Crippen LogP contribution in [0.2, 0.25) is 5.15 Å². The maximum absolute atomic E-state index is 12.9. The minimum absolute atomic E-state index is 0.187. The Morgan fingerprint density at radius 1 is 1.03 bits per heavy atom. The molecule has 4 aromatic rings. The van der Waals surface area contributed by atoms with Gasteiger partial charge >= 0.3 is 0 Å². The first-order chi connectivity index (χ1) is 18.2. The van der Waals surface area contributed by atoms with Gasteiger partial charge in [-0.1, -0.05) is 29.8 Å². The van der Waals surface area contributed by atoms with Gasteiger partial charge in [0.25, 0.3) is 5.91 Å². The number of halogens is 1. The minimum Gasteiger partial charge on any atom is -0.497 e. The van der Waals surface area contributed by atoms with E-state index in [0.717, 1.165) is 15.9 Å². The van der Waals surface area contributed by atoms with E-state index in [1.807, 2.05) is 36.4 Å². The van der Waals surface area contributed by atoms with Gasteiger partial charge in [-0.25, -0.2) is 18.8 Å². The molecule has 0 aliphatic heterocycles. The highest BCUT2D eigenvalue weighted by Crippen LogP contribution is 2.27. The lowest BCUT2D eigenvalue weighted by molar-refractivity contribution is -0.121. The summed E-state index contributed by atoms with van der Waals surface area (Å²) in [6.07, 6.45) is 2.38. The summed E-state index contributed by atoms with van der Waals surface area (Å²) in [6.45, 7) is 1.47. The van der Waals surface area contributed by atoms with Crippen LogP contribution in [0.1, 0.15) is 12.5 Å². The van der Waals surface area contributed by atoms with Gasteiger partial charge in [0.2, 0.25) is 10.0 Å². The first-order valence-electron chi connectivity index (χ1n) is 11.5. The second-order valence-electron chi connectivity index (χ2n) is 8.31. The number of hydrazone groups is 1. The number of para-hydroxylation sites is 1. The number of pyridine rings is 1. The molecule has 196 valence electrons. The average molecular weight is 553 g/mol. The summed E-state index contributed by atoms with van der Waals surface area (Å²) in [5.41, 5.74) is 3.81. The first-order valence-corrected chi connectivity index (χ1v) is 13.7. The quantitative estimate of drug-likeness (QED) is 0.178. The Balaban J connectivity index is 1.48. The van der Waals surface area contributed by atoms with Gasteiger partial charge in [-0.2, -0.15) is 5.10 Å². The van der Waals surface area contributed by atoms with E-state index in [0.29, 0.717) is 34.0 Å². The second-order valence-corrected chi connectivity index (χ2v) is 10.5. The highest BCUT2D eigenvalue weighted by Gasteiger charge is 2.29. The topological polar surface area (TPSA) is 110 Å². The lowest BCUT2D eigenvalue weighted by atomic mass is 10.1. The third kappa shape index (κ3) is 6.39. The van der Waals surface area contributed by atoms with Gasteiger partial charge in [0.05, 0.1) is 30.8 Å². The Hall–Kier alpha value is -4.15. The molecule has 0 unspecified atom stereocenters. The van der Waals surface area contributed by atoms with Gasteiger partial charge in [0.15, 0.2) is 0 Å². The van der Waals surface area contributed by atoms with Crippen LogP contribution in [0.25, 0.3) is 10.9 Å². The van der Waals surface area contributed by atoms with E-state index in [1.165, 1.54) is 13.1 Å². The molecule has 0 saturated carbocycles. The Morgan fingerprint density at radius 2 is 1.68 bits per heavy atom. The number of nitrogens with zero attached hydrogens (tertiary/aromatic N) is 3. The van der Waals surface area contributed by atoms with Crippen molar-refractivity contribution in [1.82, 2.24) is 10.4 Å². The molecule has 1 N–H and O–H groups in total. The standard InChI is InChI=1S/C27H25ClN4O5S/c1-18(27(33)31-29-17-20-15-19-9-12-24(36-2)16-25(19)30-26(20)28)32(38(3,34)35)21-10-13-23(14-11-21)37-22-7-5-4-6-8-22/h4-18H,1-3H3,(H,31,33)/b29-17-/t18-/m0/s1. The number of nitrogens with one attached hydrogen (secondary N) is 1. The summed E-state index contributed by atoms with van der Waals surface area (Å²) >= 11 is 6.28. The van der Waals surface area contributed by atoms with Gasteiger partial charge < -0.3 is 9.47 Å². The van der Waals surface area contributed by atoms with Crippen LogP contribution in [0, 0.1) is 0 Å². The van der Waals surface area contributed by atoms with E-state index < -0.39 is 22.0 Å². The molecule has 0 aliphatic rings. The molecule has 1 heterocycles. The van der Waals surface area contributed by atoms with Crippen molar-refractivity contribution >= 4 is 50.3 Å². The smallest absolute Gasteiger partial charge is 0.263 e. The van der Waals surface area contributed by atoms with Gasteiger partial charge in [-0.05, 0) is 61.5 Å². The Morgan fingerprint density at radius 3 is 2.34 bits per heavy atom. The maximum Gasteiger partial charge on any atom is 0.263 e. The first kappa shape index (κ1) is 26.9. The fraction of sp³-hybridized carbons (Fsp3) is 0.148. The molecule has 0 bridgehead atoms. The van der Waals surface area contributed by atoms with Crippen LogP contribution in [-0.4, -0.2) is 44.9 Å². The molecule has 9 nitrogen and oxygen atoms in total. The summed E-state index contributed by atoms with van der Waals surface area (Å²) in [6, 6.07) is 21.6. The van der Waals surface area contributed by atoms with Crippen LogP contribution in [0.4, 0.5) is 5.69 Å². The molecule has 1 atom stereocenters. The number of amides is 1. The lowest BCUT2D eigenvalue weighted by Crippen LogP contribution is -2.46. The SMILES string of the molecule is COc1ccc2cc(/C=N\NC(=O)[C@H](C)N(c3ccc(Oc4ccccc4)cc3)S(C)(=O)=O)c(Cl)nc2c1. The number of aromatic nitrogens is 1. The molecule has 1 aromatic heterocycles. The van der Waals surface area contributed by atoms with Crippen LogP contribution >= 0.6 is 11.6 Å². The van der Waals surface area contributed by atoms with E-state index in [4.69, 9.17) is 21.1 Å². The van der Waals surface area contributed by atoms with E-state index in [9.17, 15) is 13.2 Å². The summed E-state index contributed by atoms with van der Waals surface area (Å²) < 4.78 is 37.2. The van der Waals surface area contributed by atoms with E-state index in [-0.39, 0.29) is 5.15 Å². The van der Waals surface area contributed by atoms with Crippen molar-refractivity contribution in [2.75, 3.05) is 17.7 Å². The number of ether oxygens (including phenoxy) is 2. The van der Waals surface area contributed by atoms with E-state index in [2.05, 4.69) is 15.5 Å². The molecule has 38 heavy (non-hydrogen) atoms. The van der Waals surface area contributed by atoms with Gasteiger partial charge in [-0.3, -0.25) is 9.10 Å². The molecular weight excluding hydrogens is 528 g/mol. The fourth-order valence-electron chi connectivity index (χ4n) is 3.71. The lowest BCUT2D eigenvalue weighted by Gasteiger charge is -2.27. The fourth-order valence-corrected chi connectivity index (χ4v) is 5.08. The molecular formula is C27H25ClN4O5S. The van der Waals surface area contributed by atoms with E-state index in [1.54, 1.807) is 49.6 Å².